The lowest BCUT2D eigenvalue weighted by Crippen LogP contribution is -2.25. The molecule has 2 rings (SSSR count). The third-order valence-electron chi connectivity index (χ3n) is 1.95. The van der Waals surface area contributed by atoms with Gasteiger partial charge in [-0.3, -0.25) is 0 Å². The molecular weight excluding hydrogens is 220 g/mol. The van der Waals surface area contributed by atoms with Crippen molar-refractivity contribution < 1.29 is 4.52 Å². The summed E-state index contributed by atoms with van der Waals surface area (Å²) in [7, 11) is 1.34. The van der Waals surface area contributed by atoms with Crippen LogP contribution in [0.3, 0.4) is 0 Å². The lowest BCUT2D eigenvalue weighted by molar-refractivity contribution is 0.312. The van der Waals surface area contributed by atoms with Gasteiger partial charge in [-0.2, -0.15) is 0 Å². The number of hydrogen-bond donors (Lipinski definition) is 0. The number of benzene rings is 1. The minimum absolute atomic E-state index is 0.421. The van der Waals surface area contributed by atoms with Crippen molar-refractivity contribution in [2.75, 3.05) is 0 Å². The summed E-state index contributed by atoms with van der Waals surface area (Å²) in [5.41, 5.74) is -0.118. The molecule has 0 N–H and O–H groups in total. The van der Waals surface area contributed by atoms with E-state index in [0.717, 1.165) is 9.31 Å². The maximum atomic E-state index is 11.5. The number of rotatable bonds is 1. The summed E-state index contributed by atoms with van der Waals surface area (Å²) < 4.78 is 6.51. The zero-order valence-electron chi connectivity index (χ0n) is 7.81. The van der Waals surface area contributed by atoms with E-state index in [2.05, 4.69) is 0 Å². The molecule has 1 heterocycles. The van der Waals surface area contributed by atoms with Gasteiger partial charge in [0, 0.05) is 12.1 Å². The van der Waals surface area contributed by atoms with Gasteiger partial charge in [0.1, 0.15) is 0 Å². The van der Waals surface area contributed by atoms with E-state index in [4.69, 9.17) is 16.1 Å². The number of hydrogen-bond acceptors (Lipinski definition) is 3. The zero-order chi connectivity index (χ0) is 11.0. The second kappa shape index (κ2) is 3.43. The largest absolute Gasteiger partial charge is 0.442 e. The molecule has 0 aliphatic rings. The molecule has 0 atom stereocenters. The first-order valence-electron chi connectivity index (χ1n) is 4.15. The fourth-order valence-electron chi connectivity index (χ4n) is 1.16. The molecule has 0 fully saturated rings. The predicted octanol–water partition coefficient (Wildman–Crippen LogP) is 0.783. The lowest BCUT2D eigenvalue weighted by atomic mass is 10.3. The lowest BCUT2D eigenvalue weighted by Gasteiger charge is -1.97. The van der Waals surface area contributed by atoms with E-state index in [1.807, 2.05) is 0 Å². The SMILES string of the molecule is Cn1c(=O)on(-c2cccc(Cl)c2)c1=O. The molecule has 78 valence electrons. The van der Waals surface area contributed by atoms with Crippen LogP contribution in [-0.4, -0.2) is 9.31 Å². The maximum absolute atomic E-state index is 11.5. The highest BCUT2D eigenvalue weighted by Crippen LogP contribution is 2.12. The molecule has 0 bridgehead atoms. The summed E-state index contributed by atoms with van der Waals surface area (Å²) in [6.07, 6.45) is 0. The van der Waals surface area contributed by atoms with Crippen LogP contribution in [0.15, 0.2) is 38.4 Å². The molecular formula is C9H7ClN2O3. The minimum Gasteiger partial charge on any atom is -0.312 e. The molecule has 0 aliphatic heterocycles. The molecule has 0 unspecified atom stereocenters. The Kier molecular flexibility index (Phi) is 2.24. The normalized spacial score (nSPS) is 10.5. The quantitative estimate of drug-likeness (QED) is 0.722. The van der Waals surface area contributed by atoms with E-state index < -0.39 is 11.4 Å². The van der Waals surface area contributed by atoms with Crippen LogP contribution in [0.4, 0.5) is 0 Å². The Labute approximate surface area is 89.1 Å². The van der Waals surface area contributed by atoms with E-state index >= 15 is 0 Å². The average Bonchev–Trinajstić information content (AvgIpc) is 2.46. The van der Waals surface area contributed by atoms with Gasteiger partial charge < -0.3 is 4.52 Å². The summed E-state index contributed by atoms with van der Waals surface area (Å²) in [6.45, 7) is 0. The van der Waals surface area contributed by atoms with Gasteiger partial charge in [-0.25, -0.2) is 14.2 Å². The number of aromatic nitrogens is 2. The monoisotopic (exact) mass is 226 g/mol. The minimum atomic E-state index is -0.708. The number of halogens is 1. The first kappa shape index (κ1) is 9.79. The molecule has 0 spiro atoms. The van der Waals surface area contributed by atoms with Gasteiger partial charge in [-0.05, 0) is 18.2 Å². The van der Waals surface area contributed by atoms with Crippen molar-refractivity contribution >= 4 is 11.6 Å². The fraction of sp³-hybridized carbons (Fsp3) is 0.111. The van der Waals surface area contributed by atoms with Gasteiger partial charge in [0.15, 0.2) is 0 Å². The molecule has 2 aromatic rings. The molecule has 0 saturated heterocycles. The highest BCUT2D eigenvalue weighted by atomic mass is 35.5. The van der Waals surface area contributed by atoms with Crippen molar-refractivity contribution in [3.05, 3.63) is 50.3 Å². The Morgan fingerprint density at radius 3 is 2.60 bits per heavy atom. The Hall–Kier alpha value is -1.75. The molecule has 6 heteroatoms. The number of nitrogens with zero attached hydrogens (tertiary/aromatic N) is 2. The standard InChI is InChI=1S/C9H7ClN2O3/c1-11-8(13)12(15-9(11)14)7-4-2-3-6(10)5-7/h2-5H,1H3. The second-order valence-corrected chi connectivity index (χ2v) is 3.41. The Bertz CT molecular complexity index is 608. The van der Waals surface area contributed by atoms with Crippen LogP contribution in [0.5, 0.6) is 0 Å². The highest BCUT2D eigenvalue weighted by Gasteiger charge is 2.09. The van der Waals surface area contributed by atoms with Crippen molar-refractivity contribution in [1.29, 1.82) is 0 Å². The first-order chi connectivity index (χ1) is 7.09. The summed E-state index contributed by atoms with van der Waals surface area (Å²) in [5, 5.41) is 0.464. The van der Waals surface area contributed by atoms with E-state index in [-0.39, 0.29) is 0 Å². The topological polar surface area (TPSA) is 57.1 Å². The van der Waals surface area contributed by atoms with Crippen LogP contribution < -0.4 is 11.4 Å². The van der Waals surface area contributed by atoms with E-state index in [1.165, 1.54) is 13.1 Å². The Balaban J connectivity index is 2.70. The fourth-order valence-corrected chi connectivity index (χ4v) is 1.34. The van der Waals surface area contributed by atoms with Crippen LogP contribution in [0.2, 0.25) is 5.02 Å². The molecule has 0 radical (unpaired) electrons. The summed E-state index contributed by atoms with van der Waals surface area (Å²) >= 11 is 5.75. The van der Waals surface area contributed by atoms with E-state index in [9.17, 15) is 9.59 Å². The highest BCUT2D eigenvalue weighted by molar-refractivity contribution is 6.30. The van der Waals surface area contributed by atoms with Crippen LogP contribution in [0.1, 0.15) is 0 Å². The van der Waals surface area contributed by atoms with Crippen LogP contribution >= 0.6 is 11.6 Å². The molecule has 0 aliphatic carbocycles. The van der Waals surface area contributed by atoms with E-state index in [1.54, 1.807) is 18.2 Å². The average molecular weight is 227 g/mol. The van der Waals surface area contributed by atoms with Crippen molar-refractivity contribution in [1.82, 2.24) is 9.31 Å². The van der Waals surface area contributed by atoms with Gasteiger partial charge in [0.2, 0.25) is 0 Å². The van der Waals surface area contributed by atoms with Crippen molar-refractivity contribution in [2.45, 2.75) is 0 Å². The molecule has 15 heavy (non-hydrogen) atoms. The zero-order valence-corrected chi connectivity index (χ0v) is 8.56. The van der Waals surface area contributed by atoms with Crippen LogP contribution in [0, 0.1) is 0 Å². The van der Waals surface area contributed by atoms with Crippen LogP contribution in [0.25, 0.3) is 5.69 Å². The molecule has 0 amide bonds. The third-order valence-corrected chi connectivity index (χ3v) is 2.18. The van der Waals surface area contributed by atoms with Gasteiger partial charge in [0.25, 0.3) is 0 Å². The van der Waals surface area contributed by atoms with Crippen molar-refractivity contribution in [3.63, 3.8) is 0 Å². The Morgan fingerprint density at radius 1 is 1.33 bits per heavy atom. The molecule has 1 aromatic heterocycles. The third kappa shape index (κ3) is 1.61. The van der Waals surface area contributed by atoms with E-state index in [0.29, 0.717) is 10.7 Å². The summed E-state index contributed by atoms with van der Waals surface area (Å²) in [5.74, 6) is -0.708. The van der Waals surface area contributed by atoms with Crippen molar-refractivity contribution in [2.24, 2.45) is 7.05 Å². The summed E-state index contributed by atoms with van der Waals surface area (Å²) in [6, 6.07) is 6.48. The van der Waals surface area contributed by atoms with Crippen LogP contribution in [-0.2, 0) is 7.05 Å². The smallest absolute Gasteiger partial charge is 0.312 e. The first-order valence-corrected chi connectivity index (χ1v) is 4.52. The summed E-state index contributed by atoms with van der Waals surface area (Å²) in [4.78, 5) is 22.6. The molecule has 0 saturated carbocycles. The Morgan fingerprint density at radius 2 is 2.07 bits per heavy atom. The maximum Gasteiger partial charge on any atom is 0.442 e. The van der Waals surface area contributed by atoms with Crippen molar-refractivity contribution in [3.8, 4) is 5.69 Å². The van der Waals surface area contributed by atoms with Gasteiger partial charge >= 0.3 is 11.4 Å². The second-order valence-electron chi connectivity index (χ2n) is 2.97. The van der Waals surface area contributed by atoms with Gasteiger partial charge in [-0.1, -0.05) is 17.7 Å². The molecule has 5 nitrogen and oxygen atoms in total. The molecule has 1 aromatic carbocycles. The predicted molar refractivity (Wildman–Crippen MR) is 54.6 cm³/mol. The van der Waals surface area contributed by atoms with Gasteiger partial charge in [-0.15, -0.1) is 4.74 Å². The van der Waals surface area contributed by atoms with Gasteiger partial charge in [0.05, 0.1) is 5.69 Å².